The van der Waals surface area contributed by atoms with Crippen molar-refractivity contribution in [3.05, 3.63) is 22.7 Å². The van der Waals surface area contributed by atoms with Crippen molar-refractivity contribution in [2.45, 2.75) is 0 Å². The van der Waals surface area contributed by atoms with Crippen LogP contribution in [0.25, 0.3) is 0 Å². The molecule has 0 fully saturated rings. The van der Waals surface area contributed by atoms with E-state index in [1.54, 1.807) is 19.2 Å². The summed E-state index contributed by atoms with van der Waals surface area (Å²) in [6.45, 7) is 0. The van der Waals surface area contributed by atoms with Crippen LogP contribution in [-0.2, 0) is 4.79 Å². The number of halogens is 1. The van der Waals surface area contributed by atoms with Gasteiger partial charge in [0, 0.05) is 11.5 Å². The fourth-order valence-corrected chi connectivity index (χ4v) is 1.28. The van der Waals surface area contributed by atoms with Gasteiger partial charge in [0.15, 0.2) is 0 Å². The normalized spacial score (nSPS) is 9.50. The van der Waals surface area contributed by atoms with Crippen molar-refractivity contribution in [2.75, 3.05) is 17.7 Å². The molecule has 1 aromatic rings. The Bertz CT molecular complexity index is 301. The number of hydrogen-bond acceptors (Lipinski definition) is 2. The van der Waals surface area contributed by atoms with Gasteiger partial charge in [0.1, 0.15) is 0 Å². The molecule has 1 aromatic carbocycles. The maximum absolute atomic E-state index is 10.4. The number of amides is 1. The van der Waals surface area contributed by atoms with Gasteiger partial charge in [0.2, 0.25) is 6.41 Å². The second-order valence-electron chi connectivity index (χ2n) is 2.42. The molecule has 0 aliphatic heterocycles. The van der Waals surface area contributed by atoms with Gasteiger partial charge in [-0.3, -0.25) is 4.79 Å². The first-order chi connectivity index (χ1) is 5.65. The quantitative estimate of drug-likeness (QED) is 0.618. The number of rotatable bonds is 2. The van der Waals surface area contributed by atoms with Crippen LogP contribution in [0.15, 0.2) is 22.7 Å². The van der Waals surface area contributed by atoms with Crippen molar-refractivity contribution in [3.63, 3.8) is 0 Å². The number of benzene rings is 1. The van der Waals surface area contributed by atoms with Crippen LogP contribution >= 0.6 is 15.9 Å². The molecule has 0 unspecified atom stereocenters. The summed E-state index contributed by atoms with van der Waals surface area (Å²) in [5.74, 6) is 0. The van der Waals surface area contributed by atoms with E-state index in [1.165, 1.54) is 4.90 Å². The van der Waals surface area contributed by atoms with Gasteiger partial charge in [0.25, 0.3) is 0 Å². The Morgan fingerprint density at radius 1 is 1.58 bits per heavy atom. The maximum Gasteiger partial charge on any atom is 0.213 e. The molecule has 1 rings (SSSR count). The summed E-state index contributed by atoms with van der Waals surface area (Å²) in [6, 6.07) is 5.38. The van der Waals surface area contributed by atoms with E-state index in [0.29, 0.717) is 11.4 Å². The Labute approximate surface area is 79.3 Å². The lowest BCUT2D eigenvalue weighted by Gasteiger charge is -2.13. The highest BCUT2D eigenvalue weighted by atomic mass is 79.9. The molecular weight excluding hydrogens is 220 g/mol. The molecule has 0 radical (unpaired) electrons. The molecule has 0 heterocycles. The summed E-state index contributed by atoms with van der Waals surface area (Å²) in [7, 11) is 1.66. The minimum atomic E-state index is 0.582. The van der Waals surface area contributed by atoms with Gasteiger partial charge >= 0.3 is 0 Å². The van der Waals surface area contributed by atoms with Crippen molar-refractivity contribution in [1.29, 1.82) is 0 Å². The van der Waals surface area contributed by atoms with Crippen molar-refractivity contribution in [1.82, 2.24) is 0 Å². The van der Waals surface area contributed by atoms with E-state index in [1.807, 2.05) is 6.07 Å². The van der Waals surface area contributed by atoms with Crippen molar-refractivity contribution in [2.24, 2.45) is 0 Å². The minimum Gasteiger partial charge on any atom is -0.397 e. The van der Waals surface area contributed by atoms with Crippen molar-refractivity contribution in [3.8, 4) is 0 Å². The van der Waals surface area contributed by atoms with Gasteiger partial charge in [-0.05, 0) is 18.2 Å². The summed E-state index contributed by atoms with van der Waals surface area (Å²) in [6.07, 6.45) is 0.722. The summed E-state index contributed by atoms with van der Waals surface area (Å²) in [5.41, 5.74) is 6.97. The summed E-state index contributed by atoms with van der Waals surface area (Å²) >= 11 is 3.28. The molecule has 12 heavy (non-hydrogen) atoms. The van der Waals surface area contributed by atoms with Gasteiger partial charge in [-0.25, -0.2) is 0 Å². The highest BCUT2D eigenvalue weighted by Crippen LogP contribution is 2.24. The highest BCUT2D eigenvalue weighted by molar-refractivity contribution is 9.10. The standard InChI is InChI=1S/C8H9BrN2O/c1-11(5-12)8-3-2-6(9)4-7(8)10/h2-5H,10H2,1H3. The van der Waals surface area contributed by atoms with Crippen LogP contribution in [0.3, 0.4) is 0 Å². The Balaban J connectivity index is 3.09. The first-order valence-electron chi connectivity index (χ1n) is 3.38. The zero-order chi connectivity index (χ0) is 9.14. The average Bonchev–Trinajstić information content (AvgIpc) is 2.03. The lowest BCUT2D eigenvalue weighted by atomic mass is 10.2. The largest absolute Gasteiger partial charge is 0.397 e. The van der Waals surface area contributed by atoms with Crippen molar-refractivity contribution >= 4 is 33.7 Å². The molecule has 0 atom stereocenters. The van der Waals surface area contributed by atoms with E-state index in [4.69, 9.17) is 5.73 Å². The van der Waals surface area contributed by atoms with Crippen molar-refractivity contribution < 1.29 is 4.79 Å². The molecule has 0 spiro atoms. The van der Waals surface area contributed by atoms with Gasteiger partial charge in [-0.2, -0.15) is 0 Å². The van der Waals surface area contributed by atoms with E-state index in [0.717, 1.165) is 10.9 Å². The molecule has 64 valence electrons. The predicted molar refractivity (Wildman–Crippen MR) is 53.0 cm³/mol. The molecule has 0 aromatic heterocycles. The first-order valence-corrected chi connectivity index (χ1v) is 4.17. The lowest BCUT2D eigenvalue weighted by Crippen LogP contribution is -2.15. The number of carbonyl (C=O) groups excluding carboxylic acids is 1. The number of hydrogen-bond donors (Lipinski definition) is 1. The Kier molecular flexibility index (Phi) is 2.70. The van der Waals surface area contributed by atoms with E-state index in [-0.39, 0.29) is 0 Å². The van der Waals surface area contributed by atoms with Crippen LogP contribution in [0.1, 0.15) is 0 Å². The third-order valence-electron chi connectivity index (χ3n) is 1.53. The summed E-state index contributed by atoms with van der Waals surface area (Å²) in [5, 5.41) is 0. The van der Waals surface area contributed by atoms with Crippen LogP contribution < -0.4 is 10.6 Å². The second kappa shape index (κ2) is 3.58. The van der Waals surface area contributed by atoms with E-state index in [9.17, 15) is 4.79 Å². The van der Waals surface area contributed by atoms with Crippen LogP contribution in [0.5, 0.6) is 0 Å². The molecule has 0 aliphatic rings. The van der Waals surface area contributed by atoms with Crippen LogP contribution in [0.4, 0.5) is 11.4 Å². The average molecular weight is 229 g/mol. The van der Waals surface area contributed by atoms with Crippen LogP contribution in [0, 0.1) is 0 Å². The third-order valence-corrected chi connectivity index (χ3v) is 2.02. The molecule has 0 saturated carbocycles. The number of anilines is 2. The first kappa shape index (κ1) is 9.06. The number of nitrogens with two attached hydrogens (primary N) is 1. The van der Waals surface area contributed by atoms with Gasteiger partial charge in [-0.15, -0.1) is 0 Å². The van der Waals surface area contributed by atoms with E-state index in [2.05, 4.69) is 15.9 Å². The predicted octanol–water partition coefficient (Wildman–Crippen LogP) is 1.62. The molecule has 3 nitrogen and oxygen atoms in total. The summed E-state index contributed by atoms with van der Waals surface area (Å²) in [4.78, 5) is 11.8. The molecule has 4 heteroatoms. The van der Waals surface area contributed by atoms with Gasteiger partial charge < -0.3 is 10.6 Å². The molecule has 0 saturated heterocycles. The Morgan fingerprint density at radius 2 is 2.25 bits per heavy atom. The SMILES string of the molecule is CN(C=O)c1ccc(Br)cc1N. The van der Waals surface area contributed by atoms with Crippen LogP contribution in [0.2, 0.25) is 0 Å². The maximum atomic E-state index is 10.4. The zero-order valence-corrected chi connectivity index (χ0v) is 8.21. The molecule has 0 bridgehead atoms. The van der Waals surface area contributed by atoms with Gasteiger partial charge in [-0.1, -0.05) is 15.9 Å². The molecule has 0 aliphatic carbocycles. The topological polar surface area (TPSA) is 46.3 Å². The monoisotopic (exact) mass is 228 g/mol. The highest BCUT2D eigenvalue weighted by Gasteiger charge is 2.03. The molecule has 1 amide bonds. The lowest BCUT2D eigenvalue weighted by molar-refractivity contribution is -0.107. The fraction of sp³-hybridized carbons (Fsp3) is 0.125. The smallest absolute Gasteiger partial charge is 0.213 e. The summed E-state index contributed by atoms with van der Waals surface area (Å²) < 4.78 is 0.906. The van der Waals surface area contributed by atoms with Gasteiger partial charge in [0.05, 0.1) is 11.4 Å². The van der Waals surface area contributed by atoms with E-state index < -0.39 is 0 Å². The molecule has 2 N–H and O–H groups in total. The fourth-order valence-electron chi connectivity index (χ4n) is 0.903. The number of carbonyl (C=O) groups is 1. The Hall–Kier alpha value is -1.03. The second-order valence-corrected chi connectivity index (χ2v) is 3.34. The van der Waals surface area contributed by atoms with Crippen LogP contribution in [-0.4, -0.2) is 13.5 Å². The number of nitrogen functional groups attached to an aromatic ring is 1. The zero-order valence-electron chi connectivity index (χ0n) is 6.62. The van der Waals surface area contributed by atoms with E-state index >= 15 is 0 Å². The Morgan fingerprint density at radius 3 is 2.75 bits per heavy atom. The molecular formula is C8H9BrN2O. The third kappa shape index (κ3) is 1.76. The minimum absolute atomic E-state index is 0.582. The number of nitrogens with zero attached hydrogens (tertiary/aromatic N) is 1.